The Labute approximate surface area is 222 Å². The molecule has 3 fully saturated rings. The number of hydrogen-bond donors (Lipinski definition) is 1. The molecule has 2 saturated heterocycles. The molecule has 1 aromatic rings. The number of amides is 4. The molecule has 0 radical (unpaired) electrons. The van der Waals surface area contributed by atoms with Gasteiger partial charge in [-0.25, -0.2) is 14.6 Å². The summed E-state index contributed by atoms with van der Waals surface area (Å²) in [7, 11) is 0. The highest BCUT2D eigenvalue weighted by molar-refractivity contribution is 6.05. The summed E-state index contributed by atoms with van der Waals surface area (Å²) in [4.78, 5) is 44.4. The topological polar surface area (TPSA) is 95.1 Å². The van der Waals surface area contributed by atoms with Crippen molar-refractivity contribution in [2.75, 3.05) is 37.6 Å². The summed E-state index contributed by atoms with van der Waals surface area (Å²) in [5, 5.41) is 2.25. The van der Waals surface area contributed by atoms with Gasteiger partial charge in [-0.2, -0.15) is 0 Å². The number of pyridine rings is 1. The zero-order valence-electron chi connectivity index (χ0n) is 23.9. The van der Waals surface area contributed by atoms with Crippen LogP contribution in [0.3, 0.4) is 0 Å². The van der Waals surface area contributed by atoms with E-state index in [2.05, 4.69) is 22.1 Å². The molecule has 4 rings (SSSR count). The highest BCUT2D eigenvalue weighted by atomic mass is 16.6. The Morgan fingerprint density at radius 2 is 1.76 bits per heavy atom. The molecule has 2 aliphatic heterocycles. The van der Waals surface area contributed by atoms with E-state index in [1.807, 2.05) is 52.5 Å². The zero-order chi connectivity index (χ0) is 27.6. The van der Waals surface area contributed by atoms with E-state index in [0.717, 1.165) is 43.7 Å². The van der Waals surface area contributed by atoms with E-state index in [9.17, 15) is 14.4 Å². The maximum Gasteiger partial charge on any atom is 0.410 e. The minimum Gasteiger partial charge on any atom is -0.444 e. The van der Waals surface area contributed by atoms with Crippen LogP contribution in [-0.2, 0) is 9.53 Å². The molecule has 0 aromatic carbocycles. The maximum atomic E-state index is 12.0. The molecule has 0 spiro atoms. The predicted molar refractivity (Wildman–Crippen MR) is 147 cm³/mol. The van der Waals surface area contributed by atoms with Gasteiger partial charge >= 0.3 is 12.1 Å². The summed E-state index contributed by atoms with van der Waals surface area (Å²) >= 11 is 0. The standard InChI is InChI=1S/C16H30N2O2.C10H11N3O2.C2H6/c1-5-13-6-7-14(12-13)17-8-10-18(11-9-17)15(19)20-16(2,3)4;1-7-2-3-8(11-6-7)13-5-4-9(14)12-10(13)15;1-2/h13-14H,5-12H2,1-4H3;2-3,6H,4-5H2,1H3,(H,12,14,15);1-2H3. The van der Waals surface area contributed by atoms with Gasteiger partial charge in [-0.3, -0.25) is 19.9 Å². The Balaban J connectivity index is 0.000000252. The number of carbonyl (C=O) groups is 3. The number of piperazine rings is 1. The molecular weight excluding hydrogens is 470 g/mol. The van der Waals surface area contributed by atoms with E-state index in [1.165, 1.54) is 30.6 Å². The fourth-order valence-electron chi connectivity index (χ4n) is 4.75. The first-order valence-corrected chi connectivity index (χ1v) is 13.8. The molecule has 9 heteroatoms. The summed E-state index contributed by atoms with van der Waals surface area (Å²) in [5.74, 6) is 1.26. The summed E-state index contributed by atoms with van der Waals surface area (Å²) < 4.78 is 5.44. The van der Waals surface area contributed by atoms with Gasteiger partial charge in [0.05, 0.1) is 0 Å². The van der Waals surface area contributed by atoms with Crippen molar-refractivity contribution < 1.29 is 19.1 Å². The van der Waals surface area contributed by atoms with Crippen LogP contribution in [0, 0.1) is 12.8 Å². The first-order chi connectivity index (χ1) is 17.6. The number of urea groups is 1. The lowest BCUT2D eigenvalue weighted by atomic mass is 10.0. The second kappa shape index (κ2) is 14.3. The number of aryl methyl sites for hydroxylation is 1. The van der Waals surface area contributed by atoms with Crippen LogP contribution in [0.1, 0.15) is 79.2 Å². The third-order valence-electron chi connectivity index (χ3n) is 6.80. The third-order valence-corrected chi connectivity index (χ3v) is 6.80. The molecule has 0 bridgehead atoms. The van der Waals surface area contributed by atoms with Gasteiger partial charge in [0.1, 0.15) is 11.4 Å². The summed E-state index contributed by atoms with van der Waals surface area (Å²) in [5.41, 5.74) is 0.640. The van der Waals surface area contributed by atoms with Crippen LogP contribution in [0.25, 0.3) is 0 Å². The average Bonchev–Trinajstić information content (AvgIpc) is 3.35. The predicted octanol–water partition coefficient (Wildman–Crippen LogP) is 4.98. The molecular formula is C28H47N5O4. The number of imide groups is 1. The molecule has 3 aliphatic rings. The van der Waals surface area contributed by atoms with E-state index in [0.29, 0.717) is 18.8 Å². The van der Waals surface area contributed by atoms with Gasteiger partial charge in [-0.05, 0) is 64.5 Å². The largest absolute Gasteiger partial charge is 0.444 e. The van der Waals surface area contributed by atoms with Crippen molar-refractivity contribution in [2.45, 2.75) is 92.2 Å². The number of carbonyl (C=O) groups excluding carboxylic acids is 3. The molecule has 9 nitrogen and oxygen atoms in total. The Bertz CT molecular complexity index is 876. The van der Waals surface area contributed by atoms with Crippen molar-refractivity contribution in [1.82, 2.24) is 20.1 Å². The second-order valence-electron chi connectivity index (χ2n) is 10.7. The maximum absolute atomic E-state index is 12.0. The molecule has 1 saturated carbocycles. The molecule has 1 aromatic heterocycles. The number of nitrogens with one attached hydrogen (secondary N) is 1. The van der Waals surface area contributed by atoms with Gasteiger partial charge in [0, 0.05) is 51.4 Å². The molecule has 208 valence electrons. The van der Waals surface area contributed by atoms with Crippen LogP contribution in [0.2, 0.25) is 0 Å². The molecule has 3 heterocycles. The number of rotatable bonds is 3. The van der Waals surface area contributed by atoms with E-state index in [1.54, 1.807) is 12.3 Å². The molecule has 1 aliphatic carbocycles. The van der Waals surface area contributed by atoms with E-state index >= 15 is 0 Å². The van der Waals surface area contributed by atoms with Crippen molar-refractivity contribution in [1.29, 1.82) is 0 Å². The molecule has 2 unspecified atom stereocenters. The smallest absolute Gasteiger partial charge is 0.410 e. The highest BCUT2D eigenvalue weighted by Gasteiger charge is 2.32. The number of ether oxygens (including phenoxy) is 1. The van der Waals surface area contributed by atoms with Crippen molar-refractivity contribution in [3.8, 4) is 0 Å². The van der Waals surface area contributed by atoms with Crippen molar-refractivity contribution in [3.05, 3.63) is 23.9 Å². The van der Waals surface area contributed by atoms with Crippen LogP contribution in [0.4, 0.5) is 15.4 Å². The van der Waals surface area contributed by atoms with Crippen LogP contribution in [0.15, 0.2) is 18.3 Å². The SMILES string of the molecule is CC.CCC1CCC(N2CCN(C(=O)OC(C)(C)C)CC2)C1.Cc1ccc(N2CCC(=O)NC2=O)nc1. The Hall–Kier alpha value is -2.68. The Morgan fingerprint density at radius 1 is 1.08 bits per heavy atom. The summed E-state index contributed by atoms with van der Waals surface area (Å²) in [6.07, 6.45) is 7.24. The zero-order valence-corrected chi connectivity index (χ0v) is 23.9. The van der Waals surface area contributed by atoms with E-state index in [4.69, 9.17) is 4.74 Å². The van der Waals surface area contributed by atoms with Crippen molar-refractivity contribution >= 4 is 23.8 Å². The molecule has 1 N–H and O–H groups in total. The lowest BCUT2D eigenvalue weighted by Gasteiger charge is -2.38. The Morgan fingerprint density at radius 3 is 2.27 bits per heavy atom. The monoisotopic (exact) mass is 517 g/mol. The lowest BCUT2D eigenvalue weighted by molar-refractivity contribution is -0.120. The number of aromatic nitrogens is 1. The summed E-state index contributed by atoms with van der Waals surface area (Å²) in [6.45, 7) is 18.0. The van der Waals surface area contributed by atoms with Gasteiger partial charge in [-0.1, -0.05) is 33.3 Å². The van der Waals surface area contributed by atoms with Crippen LogP contribution < -0.4 is 10.2 Å². The minimum atomic E-state index is -0.400. The van der Waals surface area contributed by atoms with Gasteiger partial charge in [0.15, 0.2) is 0 Å². The first kappa shape index (κ1) is 30.5. The molecule has 2 atom stereocenters. The van der Waals surface area contributed by atoms with Crippen LogP contribution in [0.5, 0.6) is 0 Å². The molecule has 4 amide bonds. The second-order valence-corrected chi connectivity index (χ2v) is 10.7. The van der Waals surface area contributed by atoms with Gasteiger partial charge in [0.25, 0.3) is 0 Å². The fourth-order valence-corrected chi connectivity index (χ4v) is 4.75. The van der Waals surface area contributed by atoms with Crippen molar-refractivity contribution in [3.63, 3.8) is 0 Å². The third kappa shape index (κ3) is 9.61. The van der Waals surface area contributed by atoms with Gasteiger partial charge in [-0.15, -0.1) is 0 Å². The quantitative estimate of drug-likeness (QED) is 0.608. The molecule has 37 heavy (non-hydrogen) atoms. The van der Waals surface area contributed by atoms with E-state index in [-0.39, 0.29) is 12.0 Å². The minimum absolute atomic E-state index is 0.157. The number of hydrogen-bond acceptors (Lipinski definition) is 6. The van der Waals surface area contributed by atoms with Gasteiger partial charge < -0.3 is 9.64 Å². The summed E-state index contributed by atoms with van der Waals surface area (Å²) in [6, 6.07) is 4.00. The van der Waals surface area contributed by atoms with Crippen molar-refractivity contribution in [2.24, 2.45) is 5.92 Å². The van der Waals surface area contributed by atoms with Crippen LogP contribution in [-0.4, -0.2) is 77.2 Å². The first-order valence-electron chi connectivity index (χ1n) is 13.8. The Kier molecular flexibility index (Phi) is 11.8. The average molecular weight is 518 g/mol. The van der Waals surface area contributed by atoms with Crippen LogP contribution >= 0.6 is 0 Å². The highest BCUT2D eigenvalue weighted by Crippen LogP contribution is 2.31. The fraction of sp³-hybridized carbons (Fsp3) is 0.714. The number of nitrogens with zero attached hydrogens (tertiary/aromatic N) is 4. The lowest BCUT2D eigenvalue weighted by Crippen LogP contribution is -2.52. The number of anilines is 1. The normalized spacial score (nSPS) is 22.4. The van der Waals surface area contributed by atoms with E-state index < -0.39 is 11.6 Å². The van der Waals surface area contributed by atoms with Gasteiger partial charge in [0.2, 0.25) is 5.91 Å².